The lowest BCUT2D eigenvalue weighted by Crippen LogP contribution is -2.40. The van der Waals surface area contributed by atoms with Gasteiger partial charge in [0, 0.05) is 12.6 Å². The number of rotatable bonds is 11. The molecule has 0 spiro atoms. The van der Waals surface area contributed by atoms with E-state index in [2.05, 4.69) is 14.0 Å². The molecule has 0 aliphatic heterocycles. The molecule has 0 saturated heterocycles. The summed E-state index contributed by atoms with van der Waals surface area (Å²) in [4.78, 5) is 26.5. The van der Waals surface area contributed by atoms with Gasteiger partial charge in [-0.15, -0.1) is 0 Å². The van der Waals surface area contributed by atoms with Crippen molar-refractivity contribution in [2.45, 2.75) is 12.7 Å². The summed E-state index contributed by atoms with van der Waals surface area (Å²) in [6.45, 7) is 0.185. The molecule has 0 aromatic heterocycles. The van der Waals surface area contributed by atoms with Crippen LogP contribution in [0.1, 0.15) is 22.9 Å². The molecule has 0 heterocycles. The smallest absolute Gasteiger partial charge is 0.330 e. The van der Waals surface area contributed by atoms with Gasteiger partial charge in [-0.1, -0.05) is 72.8 Å². The molecule has 0 aliphatic rings. The Labute approximate surface area is 225 Å². The molecule has 14 heteroatoms. The molecule has 3 N–H and O–H groups in total. The van der Waals surface area contributed by atoms with Gasteiger partial charge in [0.05, 0.1) is 5.57 Å². The molecule has 0 radical (unpaired) electrons. The molecule has 3 aromatic carbocycles. The number of benzene rings is 3. The predicted octanol–water partition coefficient (Wildman–Crippen LogP) is 2.16. The topological polar surface area (TPSA) is 162 Å². The van der Waals surface area contributed by atoms with Gasteiger partial charge in [-0.25, -0.2) is 14.0 Å². The van der Waals surface area contributed by atoms with Crippen molar-refractivity contribution in [2.75, 3.05) is 7.05 Å². The Hall–Kier alpha value is -3.95. The maximum absolute atomic E-state index is 13.3. The quantitative estimate of drug-likeness (QED) is 0.257. The lowest BCUT2D eigenvalue weighted by molar-refractivity contribution is -0.130. The third-order valence-electron chi connectivity index (χ3n) is 5.11. The number of nitrogens with one attached hydrogen (secondary N) is 1. The normalized spacial score (nSPS) is 13.1. The minimum absolute atomic E-state index is 0.0390. The van der Waals surface area contributed by atoms with Gasteiger partial charge in [0.2, 0.25) is 0 Å². The molecular weight excluding hydrogens is 553 g/mol. The number of hydrogen-bond donors (Lipinski definition) is 2. The summed E-state index contributed by atoms with van der Waals surface area (Å²) in [5.74, 6) is -3.46. The van der Waals surface area contributed by atoms with E-state index in [1.54, 1.807) is 60.5 Å². The lowest BCUT2D eigenvalue weighted by Gasteiger charge is -2.28. The van der Waals surface area contributed by atoms with Crippen molar-refractivity contribution in [3.05, 3.63) is 114 Å². The summed E-state index contributed by atoms with van der Waals surface area (Å²) in [6, 6.07) is 21.3. The average molecular weight is 578 g/mol. The molecular formula is C25H24FN3O8S2. The first-order valence-corrected chi connectivity index (χ1v) is 14.0. The maximum Gasteiger partial charge on any atom is 0.387 e. The largest absolute Gasteiger partial charge is 0.387 e. The van der Waals surface area contributed by atoms with E-state index in [4.69, 9.17) is 4.18 Å². The van der Waals surface area contributed by atoms with Crippen molar-refractivity contribution in [1.82, 2.24) is 9.62 Å². The second-order valence-electron chi connectivity index (χ2n) is 8.12. The molecule has 0 amide bonds. The van der Waals surface area contributed by atoms with Crippen molar-refractivity contribution in [3.8, 4) is 0 Å². The van der Waals surface area contributed by atoms with Crippen LogP contribution in [-0.4, -0.2) is 40.7 Å². The van der Waals surface area contributed by atoms with Crippen LogP contribution >= 0.6 is 0 Å². The molecule has 3 rings (SSSR count). The van der Waals surface area contributed by atoms with E-state index in [1.165, 1.54) is 36.4 Å². The Bertz CT molecular complexity index is 1550. The number of nitrogens with two attached hydrogens (primary N) is 1. The van der Waals surface area contributed by atoms with Crippen molar-refractivity contribution >= 4 is 38.1 Å². The van der Waals surface area contributed by atoms with Crippen molar-refractivity contribution in [2.24, 2.45) is 5.14 Å². The highest BCUT2D eigenvalue weighted by Crippen LogP contribution is 2.22. The van der Waals surface area contributed by atoms with Crippen LogP contribution in [0.3, 0.4) is 0 Å². The summed E-state index contributed by atoms with van der Waals surface area (Å²) in [7, 11) is -7.93. The fraction of sp³-hybridized carbons (Fsp3) is 0.120. The van der Waals surface area contributed by atoms with Crippen molar-refractivity contribution in [1.29, 1.82) is 0 Å². The molecule has 1 atom stereocenters. The number of hydrogen-bond acceptors (Lipinski definition) is 9. The first-order chi connectivity index (χ1) is 18.3. The molecule has 0 fully saturated rings. The van der Waals surface area contributed by atoms with Gasteiger partial charge >= 0.3 is 32.5 Å². The van der Waals surface area contributed by atoms with E-state index in [1.807, 2.05) is 0 Å². The maximum atomic E-state index is 13.3. The van der Waals surface area contributed by atoms with Gasteiger partial charge in [0.25, 0.3) is 0 Å². The minimum Gasteiger partial charge on any atom is -0.330 e. The van der Waals surface area contributed by atoms with Crippen LogP contribution in [0.2, 0.25) is 0 Å². The van der Waals surface area contributed by atoms with Crippen LogP contribution in [0.4, 0.5) is 4.39 Å². The van der Waals surface area contributed by atoms with Crippen LogP contribution in [0.25, 0.3) is 5.57 Å². The summed E-state index contributed by atoms with van der Waals surface area (Å²) in [5, 5.41) is 4.68. The minimum atomic E-state index is -4.83. The molecule has 3 aromatic rings. The molecule has 0 aliphatic carbocycles. The number of carbonyl (C=O) groups is 2. The van der Waals surface area contributed by atoms with Crippen LogP contribution in [-0.2, 0) is 45.1 Å². The number of carbonyl (C=O) groups excluding carboxylic acids is 2. The summed E-state index contributed by atoms with van der Waals surface area (Å²) < 4.78 is 72.5. The van der Waals surface area contributed by atoms with Crippen LogP contribution in [0.5, 0.6) is 0 Å². The highest BCUT2D eigenvalue weighted by Gasteiger charge is 2.29. The van der Waals surface area contributed by atoms with E-state index in [0.717, 1.165) is 0 Å². The average Bonchev–Trinajstić information content (AvgIpc) is 2.87. The SMILES string of the molecule is CN(Cc1ccc(F)cc1)C(NS(=O)(=O)OC(=O)/C(=C\C(=O)OS(N)(=O)=O)c1ccccc1)c1ccccc1. The summed E-state index contributed by atoms with van der Waals surface area (Å²) >= 11 is 0. The highest BCUT2D eigenvalue weighted by atomic mass is 32.2. The lowest BCUT2D eigenvalue weighted by atomic mass is 10.1. The van der Waals surface area contributed by atoms with Crippen molar-refractivity contribution < 1.29 is 39.2 Å². The molecule has 39 heavy (non-hydrogen) atoms. The van der Waals surface area contributed by atoms with E-state index < -0.39 is 50.1 Å². The standard InChI is InChI=1S/C25H24FN3O8S2/c1-29(17-18-12-14-21(26)15-13-18)24(20-10-6-3-7-11-20)28-39(34,35)37-25(31)22(19-8-4-2-5-9-19)16-23(30)36-38(27,32)33/h2-16,24,28H,17H2,1H3,(H2,27,32,33)/b22-16-. The monoisotopic (exact) mass is 577 g/mol. The Kier molecular flexibility index (Phi) is 9.66. The van der Waals surface area contributed by atoms with E-state index in [9.17, 15) is 30.8 Å². The third kappa shape index (κ3) is 9.38. The van der Waals surface area contributed by atoms with Crippen LogP contribution in [0.15, 0.2) is 91.0 Å². The number of nitrogens with zero attached hydrogens (tertiary/aromatic N) is 1. The van der Waals surface area contributed by atoms with E-state index >= 15 is 0 Å². The Balaban J connectivity index is 1.88. The zero-order valence-corrected chi connectivity index (χ0v) is 22.1. The van der Waals surface area contributed by atoms with Crippen LogP contribution in [0, 0.1) is 5.82 Å². The Morgan fingerprint density at radius 1 is 0.923 bits per heavy atom. The molecule has 1 unspecified atom stereocenters. The molecule has 206 valence electrons. The molecule has 11 nitrogen and oxygen atoms in total. The zero-order valence-electron chi connectivity index (χ0n) is 20.4. The fourth-order valence-electron chi connectivity index (χ4n) is 3.46. The second kappa shape index (κ2) is 12.7. The third-order valence-corrected chi connectivity index (χ3v) is 6.39. The van der Waals surface area contributed by atoms with Crippen LogP contribution < -0.4 is 9.86 Å². The summed E-state index contributed by atoms with van der Waals surface area (Å²) in [6.07, 6.45) is -0.585. The first kappa shape index (κ1) is 29.6. The first-order valence-electron chi connectivity index (χ1n) is 11.1. The van der Waals surface area contributed by atoms with Gasteiger partial charge in [0.1, 0.15) is 12.0 Å². The van der Waals surface area contributed by atoms with Gasteiger partial charge in [0.15, 0.2) is 0 Å². The second-order valence-corrected chi connectivity index (χ2v) is 10.6. The zero-order chi connectivity index (χ0) is 28.6. The molecule has 0 bridgehead atoms. The van der Waals surface area contributed by atoms with E-state index in [-0.39, 0.29) is 12.1 Å². The number of halogens is 1. The van der Waals surface area contributed by atoms with Gasteiger partial charge < -0.3 is 8.37 Å². The predicted molar refractivity (Wildman–Crippen MR) is 139 cm³/mol. The van der Waals surface area contributed by atoms with Gasteiger partial charge in [-0.05, 0) is 35.9 Å². The molecule has 0 saturated carbocycles. The van der Waals surface area contributed by atoms with Gasteiger partial charge in [-0.3, -0.25) is 4.90 Å². The summed E-state index contributed by atoms with van der Waals surface area (Å²) in [5.41, 5.74) is 0.610. The van der Waals surface area contributed by atoms with Crippen molar-refractivity contribution in [3.63, 3.8) is 0 Å². The fourth-order valence-corrected chi connectivity index (χ4v) is 4.66. The van der Waals surface area contributed by atoms with Gasteiger partial charge in [-0.2, -0.15) is 26.7 Å². The Morgan fingerprint density at radius 2 is 1.49 bits per heavy atom. The Morgan fingerprint density at radius 3 is 2.05 bits per heavy atom. The highest BCUT2D eigenvalue weighted by molar-refractivity contribution is 7.85. The van der Waals surface area contributed by atoms with E-state index in [0.29, 0.717) is 17.2 Å².